The molecule has 2 rings (SSSR count). The molecule has 2 heterocycles. The van der Waals surface area contributed by atoms with Gasteiger partial charge in [0, 0.05) is 25.3 Å². The molecule has 3 nitrogen and oxygen atoms in total. The Morgan fingerprint density at radius 3 is 3.06 bits per heavy atom. The molecule has 1 aliphatic rings. The van der Waals surface area contributed by atoms with Crippen molar-refractivity contribution in [3.63, 3.8) is 0 Å². The molecule has 0 aromatic carbocycles. The van der Waals surface area contributed by atoms with Gasteiger partial charge in [0.15, 0.2) is 0 Å². The molecular formula is C14H23N3. The normalized spacial score (nSPS) is 19.9. The number of hydrogen-bond donors (Lipinski definition) is 1. The van der Waals surface area contributed by atoms with Crippen molar-refractivity contribution in [3.05, 3.63) is 23.9 Å². The van der Waals surface area contributed by atoms with Gasteiger partial charge in [-0.3, -0.25) is 0 Å². The summed E-state index contributed by atoms with van der Waals surface area (Å²) in [5.74, 6) is 1.14. The molecule has 1 N–H and O–H groups in total. The lowest BCUT2D eigenvalue weighted by Gasteiger charge is -2.26. The van der Waals surface area contributed by atoms with Crippen LogP contribution in [0.25, 0.3) is 0 Å². The van der Waals surface area contributed by atoms with Gasteiger partial charge < -0.3 is 10.2 Å². The van der Waals surface area contributed by atoms with Gasteiger partial charge in [-0.05, 0) is 44.4 Å². The highest BCUT2D eigenvalue weighted by atomic mass is 15.2. The Morgan fingerprint density at radius 2 is 2.35 bits per heavy atom. The van der Waals surface area contributed by atoms with Crippen LogP contribution >= 0.6 is 0 Å². The van der Waals surface area contributed by atoms with Gasteiger partial charge >= 0.3 is 0 Å². The molecule has 0 radical (unpaired) electrons. The van der Waals surface area contributed by atoms with Crippen LogP contribution in [0.4, 0.5) is 5.82 Å². The van der Waals surface area contributed by atoms with Crippen molar-refractivity contribution >= 4 is 5.82 Å². The first-order chi connectivity index (χ1) is 8.31. The van der Waals surface area contributed by atoms with Gasteiger partial charge in [0.25, 0.3) is 0 Å². The van der Waals surface area contributed by atoms with Crippen molar-refractivity contribution in [1.29, 1.82) is 0 Å². The van der Waals surface area contributed by atoms with E-state index in [0.717, 1.165) is 25.5 Å². The van der Waals surface area contributed by atoms with Gasteiger partial charge in [0.2, 0.25) is 0 Å². The zero-order valence-electron chi connectivity index (χ0n) is 10.9. The highest BCUT2D eigenvalue weighted by Gasteiger charge is 2.24. The smallest absolute Gasteiger partial charge is 0.128 e. The molecule has 1 fully saturated rings. The minimum Gasteiger partial charge on any atom is -0.352 e. The Morgan fingerprint density at radius 1 is 1.47 bits per heavy atom. The zero-order valence-corrected chi connectivity index (χ0v) is 10.9. The molecule has 0 saturated carbocycles. The summed E-state index contributed by atoms with van der Waals surface area (Å²) in [7, 11) is 0. The number of pyridine rings is 1. The van der Waals surface area contributed by atoms with Gasteiger partial charge in [-0.2, -0.15) is 0 Å². The summed E-state index contributed by atoms with van der Waals surface area (Å²) < 4.78 is 0. The van der Waals surface area contributed by atoms with Crippen molar-refractivity contribution in [1.82, 2.24) is 10.3 Å². The minimum absolute atomic E-state index is 0.622. The Bertz CT molecular complexity index is 334. The third-order valence-electron chi connectivity index (χ3n) is 3.37. The third kappa shape index (κ3) is 3.19. The van der Waals surface area contributed by atoms with Crippen molar-refractivity contribution in [2.75, 3.05) is 24.5 Å². The average molecular weight is 233 g/mol. The van der Waals surface area contributed by atoms with Crippen molar-refractivity contribution in [2.45, 2.75) is 39.2 Å². The van der Waals surface area contributed by atoms with Gasteiger partial charge in [0.1, 0.15) is 5.82 Å². The van der Waals surface area contributed by atoms with Crippen LogP contribution in [0.3, 0.4) is 0 Å². The van der Waals surface area contributed by atoms with E-state index in [4.69, 9.17) is 0 Å². The number of aromatic nitrogens is 1. The molecule has 0 spiro atoms. The van der Waals surface area contributed by atoms with Gasteiger partial charge in [-0.15, -0.1) is 0 Å². The standard InChI is InChI=1S/C14H23N3/c1-3-8-15-11-13-5-4-9-17(13)14-7-6-12(2)10-16-14/h6-7,10,13,15H,3-5,8-9,11H2,1-2H3. The van der Waals surface area contributed by atoms with E-state index in [1.807, 2.05) is 6.20 Å². The van der Waals surface area contributed by atoms with Gasteiger partial charge in [-0.1, -0.05) is 13.0 Å². The van der Waals surface area contributed by atoms with Crippen LogP contribution in [0, 0.1) is 6.92 Å². The van der Waals surface area contributed by atoms with Crippen molar-refractivity contribution in [3.8, 4) is 0 Å². The average Bonchev–Trinajstić information content (AvgIpc) is 2.79. The predicted octanol–water partition coefficient (Wildman–Crippen LogP) is 2.36. The first-order valence-electron chi connectivity index (χ1n) is 6.71. The summed E-state index contributed by atoms with van der Waals surface area (Å²) in [6.45, 7) is 7.64. The maximum absolute atomic E-state index is 4.54. The van der Waals surface area contributed by atoms with Crippen molar-refractivity contribution in [2.24, 2.45) is 0 Å². The number of nitrogens with zero attached hydrogens (tertiary/aromatic N) is 2. The molecule has 0 aliphatic carbocycles. The maximum Gasteiger partial charge on any atom is 0.128 e. The van der Waals surface area contributed by atoms with Crippen molar-refractivity contribution < 1.29 is 0 Å². The summed E-state index contributed by atoms with van der Waals surface area (Å²) in [5.41, 5.74) is 1.23. The lowest BCUT2D eigenvalue weighted by Crippen LogP contribution is -2.38. The topological polar surface area (TPSA) is 28.2 Å². The number of anilines is 1. The highest BCUT2D eigenvalue weighted by molar-refractivity contribution is 5.41. The van der Waals surface area contributed by atoms with E-state index in [9.17, 15) is 0 Å². The lowest BCUT2D eigenvalue weighted by molar-refractivity contribution is 0.568. The summed E-state index contributed by atoms with van der Waals surface area (Å²) in [6, 6.07) is 4.92. The maximum atomic E-state index is 4.54. The zero-order chi connectivity index (χ0) is 12.1. The van der Waals surface area contributed by atoms with E-state index in [1.54, 1.807) is 0 Å². The monoisotopic (exact) mass is 233 g/mol. The van der Waals surface area contributed by atoms with Crippen LogP contribution in [0.2, 0.25) is 0 Å². The SMILES string of the molecule is CCCNCC1CCCN1c1ccc(C)cn1. The quantitative estimate of drug-likeness (QED) is 0.791. The fourth-order valence-electron chi connectivity index (χ4n) is 2.42. The Balaban J connectivity index is 1.96. The van der Waals surface area contributed by atoms with Crippen LogP contribution in [0.15, 0.2) is 18.3 Å². The summed E-state index contributed by atoms with van der Waals surface area (Å²) in [6.07, 6.45) is 5.74. The van der Waals surface area contributed by atoms with Gasteiger partial charge in [0.05, 0.1) is 0 Å². The fourth-order valence-corrected chi connectivity index (χ4v) is 2.42. The van der Waals surface area contributed by atoms with E-state index in [-0.39, 0.29) is 0 Å². The molecule has 1 aromatic heterocycles. The molecule has 3 heteroatoms. The molecule has 1 unspecified atom stereocenters. The summed E-state index contributed by atoms with van der Waals surface area (Å²) in [5, 5.41) is 3.52. The molecule has 94 valence electrons. The second kappa shape index (κ2) is 6.01. The van der Waals surface area contributed by atoms with E-state index in [2.05, 4.69) is 41.2 Å². The molecule has 1 aromatic rings. The molecule has 0 bridgehead atoms. The van der Waals surface area contributed by atoms with Crippen LogP contribution < -0.4 is 10.2 Å². The molecule has 1 atom stereocenters. The summed E-state index contributed by atoms with van der Waals surface area (Å²) in [4.78, 5) is 6.98. The molecule has 1 saturated heterocycles. The fraction of sp³-hybridized carbons (Fsp3) is 0.643. The molecular weight excluding hydrogens is 210 g/mol. The van der Waals surface area contributed by atoms with E-state index in [1.165, 1.54) is 24.8 Å². The largest absolute Gasteiger partial charge is 0.352 e. The number of hydrogen-bond acceptors (Lipinski definition) is 3. The molecule has 1 aliphatic heterocycles. The van der Waals surface area contributed by atoms with Crippen LogP contribution in [0.1, 0.15) is 31.7 Å². The van der Waals surface area contributed by atoms with Crippen LogP contribution in [0.5, 0.6) is 0 Å². The molecule has 0 amide bonds. The van der Waals surface area contributed by atoms with E-state index < -0.39 is 0 Å². The Labute approximate surface area is 104 Å². The lowest BCUT2D eigenvalue weighted by atomic mass is 10.2. The van der Waals surface area contributed by atoms with E-state index >= 15 is 0 Å². The molecule has 17 heavy (non-hydrogen) atoms. The Kier molecular flexibility index (Phi) is 4.37. The van der Waals surface area contributed by atoms with Crippen LogP contribution in [-0.2, 0) is 0 Å². The Hall–Kier alpha value is -1.09. The predicted molar refractivity (Wildman–Crippen MR) is 72.5 cm³/mol. The number of nitrogens with one attached hydrogen (secondary N) is 1. The first-order valence-corrected chi connectivity index (χ1v) is 6.71. The number of rotatable bonds is 5. The second-order valence-corrected chi connectivity index (χ2v) is 4.89. The summed E-state index contributed by atoms with van der Waals surface area (Å²) >= 11 is 0. The highest BCUT2D eigenvalue weighted by Crippen LogP contribution is 2.23. The second-order valence-electron chi connectivity index (χ2n) is 4.89. The third-order valence-corrected chi connectivity index (χ3v) is 3.37. The minimum atomic E-state index is 0.622. The van der Waals surface area contributed by atoms with E-state index in [0.29, 0.717) is 6.04 Å². The first kappa shape index (κ1) is 12.4. The van der Waals surface area contributed by atoms with Gasteiger partial charge in [-0.25, -0.2) is 4.98 Å². The van der Waals surface area contributed by atoms with Crippen LogP contribution in [-0.4, -0.2) is 30.7 Å². The number of aryl methyl sites for hydroxylation is 1.